The zero-order valence-electron chi connectivity index (χ0n) is 10.9. The van der Waals surface area contributed by atoms with Crippen molar-refractivity contribution in [2.45, 2.75) is 6.42 Å². The molecule has 0 fully saturated rings. The molecule has 0 spiro atoms. The van der Waals surface area contributed by atoms with Gasteiger partial charge in [0.15, 0.2) is 0 Å². The fourth-order valence-electron chi connectivity index (χ4n) is 2.23. The Morgan fingerprint density at radius 1 is 1.35 bits per heavy atom. The van der Waals surface area contributed by atoms with Gasteiger partial charge in [-0.3, -0.25) is 4.98 Å². The maximum absolute atomic E-state index is 11.0. The Hall–Kier alpha value is -2.69. The Labute approximate surface area is 115 Å². The number of carboxylic acids is 1. The van der Waals surface area contributed by atoms with Gasteiger partial charge in [-0.25, -0.2) is 9.78 Å². The lowest BCUT2D eigenvalue weighted by molar-refractivity contribution is 0.0697. The number of carbonyl (C=O) groups is 1. The third kappa shape index (κ3) is 2.14. The number of hydrogen-bond donors (Lipinski definition) is 1. The number of aromatic nitrogens is 3. The van der Waals surface area contributed by atoms with E-state index in [1.165, 1.54) is 0 Å². The summed E-state index contributed by atoms with van der Waals surface area (Å²) in [4.78, 5) is 19.6. The van der Waals surface area contributed by atoms with Crippen LogP contribution < -0.4 is 0 Å². The molecule has 1 aromatic carbocycles. The summed E-state index contributed by atoms with van der Waals surface area (Å²) in [6, 6.07) is 8.87. The summed E-state index contributed by atoms with van der Waals surface area (Å²) >= 11 is 0. The fourth-order valence-corrected chi connectivity index (χ4v) is 2.23. The number of imidazole rings is 1. The average Bonchev–Trinajstić information content (AvgIpc) is 2.76. The first-order valence-corrected chi connectivity index (χ1v) is 6.22. The van der Waals surface area contributed by atoms with Crippen molar-refractivity contribution in [3.05, 3.63) is 59.7 Å². The van der Waals surface area contributed by atoms with Crippen LogP contribution in [-0.4, -0.2) is 25.6 Å². The number of pyridine rings is 1. The van der Waals surface area contributed by atoms with E-state index in [1.807, 2.05) is 29.9 Å². The summed E-state index contributed by atoms with van der Waals surface area (Å²) in [5, 5.41) is 9.01. The Morgan fingerprint density at radius 2 is 2.20 bits per heavy atom. The zero-order chi connectivity index (χ0) is 14.1. The number of rotatable bonds is 3. The number of nitrogens with zero attached hydrogens (tertiary/aromatic N) is 3. The van der Waals surface area contributed by atoms with Crippen molar-refractivity contribution >= 4 is 17.0 Å². The van der Waals surface area contributed by atoms with E-state index >= 15 is 0 Å². The van der Waals surface area contributed by atoms with Crippen molar-refractivity contribution < 1.29 is 9.90 Å². The highest BCUT2D eigenvalue weighted by Crippen LogP contribution is 2.18. The van der Waals surface area contributed by atoms with E-state index < -0.39 is 5.97 Å². The molecule has 100 valence electrons. The molecule has 20 heavy (non-hydrogen) atoms. The smallest absolute Gasteiger partial charge is 0.335 e. The van der Waals surface area contributed by atoms with Gasteiger partial charge >= 0.3 is 5.97 Å². The third-order valence-electron chi connectivity index (χ3n) is 3.31. The monoisotopic (exact) mass is 267 g/mol. The number of fused-ring (bicyclic) bond motifs is 1. The zero-order valence-corrected chi connectivity index (χ0v) is 10.9. The third-order valence-corrected chi connectivity index (χ3v) is 3.31. The van der Waals surface area contributed by atoms with Crippen LogP contribution in [0.2, 0.25) is 0 Å². The fraction of sp³-hybridized carbons (Fsp3) is 0.133. The summed E-state index contributed by atoms with van der Waals surface area (Å²) in [7, 11) is 1.93. The van der Waals surface area contributed by atoms with E-state index in [0.717, 1.165) is 16.9 Å². The Kier molecular flexibility index (Phi) is 2.95. The van der Waals surface area contributed by atoms with Gasteiger partial charge in [0, 0.05) is 25.9 Å². The first kappa shape index (κ1) is 12.3. The van der Waals surface area contributed by atoms with Crippen molar-refractivity contribution in [2.75, 3.05) is 0 Å². The first-order chi connectivity index (χ1) is 9.65. The largest absolute Gasteiger partial charge is 0.478 e. The molecule has 2 aromatic heterocycles. The highest BCUT2D eigenvalue weighted by atomic mass is 16.4. The summed E-state index contributed by atoms with van der Waals surface area (Å²) in [5.74, 6) is -0.0538. The first-order valence-electron chi connectivity index (χ1n) is 6.22. The SMILES string of the molecule is Cn1c(Cc2cccnc2)nc2cc(C(=O)O)ccc21. The Balaban J connectivity index is 2.04. The van der Waals surface area contributed by atoms with Crippen LogP contribution in [0.25, 0.3) is 11.0 Å². The van der Waals surface area contributed by atoms with Gasteiger partial charge in [0.2, 0.25) is 0 Å². The highest BCUT2D eigenvalue weighted by molar-refractivity contribution is 5.92. The van der Waals surface area contributed by atoms with Gasteiger partial charge in [0.05, 0.1) is 16.6 Å². The molecule has 5 nitrogen and oxygen atoms in total. The molecule has 0 bridgehead atoms. The molecule has 1 N–H and O–H groups in total. The Bertz CT molecular complexity index is 778. The molecule has 0 unspecified atom stereocenters. The van der Waals surface area contributed by atoms with Gasteiger partial charge in [-0.1, -0.05) is 6.07 Å². The average molecular weight is 267 g/mol. The van der Waals surface area contributed by atoms with Crippen molar-refractivity contribution in [3.63, 3.8) is 0 Å². The van der Waals surface area contributed by atoms with Gasteiger partial charge < -0.3 is 9.67 Å². The minimum absolute atomic E-state index is 0.253. The minimum atomic E-state index is -0.939. The number of benzene rings is 1. The van der Waals surface area contributed by atoms with Crippen molar-refractivity contribution in [1.82, 2.24) is 14.5 Å². The molecule has 0 aliphatic heterocycles. The predicted octanol–water partition coefficient (Wildman–Crippen LogP) is 2.26. The van der Waals surface area contributed by atoms with Gasteiger partial charge in [-0.2, -0.15) is 0 Å². The molecular formula is C15H13N3O2. The van der Waals surface area contributed by atoms with Gasteiger partial charge in [0.1, 0.15) is 5.82 Å². The second kappa shape index (κ2) is 4.77. The lowest BCUT2D eigenvalue weighted by Crippen LogP contribution is -1.99. The van der Waals surface area contributed by atoms with Crippen molar-refractivity contribution in [3.8, 4) is 0 Å². The van der Waals surface area contributed by atoms with Crippen LogP contribution in [0.15, 0.2) is 42.7 Å². The Morgan fingerprint density at radius 3 is 2.90 bits per heavy atom. The topological polar surface area (TPSA) is 68.0 Å². The van der Waals surface area contributed by atoms with E-state index in [0.29, 0.717) is 11.9 Å². The normalized spacial score (nSPS) is 10.8. The number of aromatic carboxylic acids is 1. The predicted molar refractivity (Wildman–Crippen MR) is 74.7 cm³/mol. The molecule has 3 aromatic rings. The summed E-state index contributed by atoms with van der Waals surface area (Å²) in [6.07, 6.45) is 4.21. The van der Waals surface area contributed by atoms with Crippen LogP contribution in [0.1, 0.15) is 21.7 Å². The molecule has 0 atom stereocenters. The number of hydrogen-bond acceptors (Lipinski definition) is 3. The lowest BCUT2D eigenvalue weighted by atomic mass is 10.2. The van der Waals surface area contributed by atoms with Crippen LogP contribution in [0.5, 0.6) is 0 Å². The van der Waals surface area contributed by atoms with E-state index in [9.17, 15) is 4.79 Å². The van der Waals surface area contributed by atoms with Gasteiger partial charge in [0.25, 0.3) is 0 Å². The number of aryl methyl sites for hydroxylation is 1. The molecule has 0 saturated carbocycles. The molecule has 0 amide bonds. The molecule has 0 saturated heterocycles. The number of carboxylic acid groups (broad SMARTS) is 1. The highest BCUT2D eigenvalue weighted by Gasteiger charge is 2.11. The minimum Gasteiger partial charge on any atom is -0.478 e. The van der Waals surface area contributed by atoms with E-state index in [-0.39, 0.29) is 5.56 Å². The molecule has 0 aliphatic carbocycles. The molecule has 0 aliphatic rings. The van der Waals surface area contributed by atoms with Crippen LogP contribution in [-0.2, 0) is 13.5 Å². The van der Waals surface area contributed by atoms with Crippen molar-refractivity contribution in [2.24, 2.45) is 7.05 Å². The molecular weight excluding hydrogens is 254 g/mol. The second-order valence-electron chi connectivity index (χ2n) is 4.63. The van der Waals surface area contributed by atoms with Crippen molar-refractivity contribution in [1.29, 1.82) is 0 Å². The van der Waals surface area contributed by atoms with Crippen LogP contribution >= 0.6 is 0 Å². The molecule has 5 heteroatoms. The van der Waals surface area contributed by atoms with Crippen LogP contribution in [0, 0.1) is 0 Å². The molecule has 0 radical (unpaired) electrons. The standard InChI is InChI=1S/C15H13N3O2/c1-18-13-5-4-11(15(19)20)8-12(13)17-14(18)7-10-3-2-6-16-9-10/h2-6,8-9H,7H2,1H3,(H,19,20). The maximum Gasteiger partial charge on any atom is 0.335 e. The molecule has 2 heterocycles. The molecule has 3 rings (SSSR count). The second-order valence-corrected chi connectivity index (χ2v) is 4.63. The quantitative estimate of drug-likeness (QED) is 0.790. The summed E-state index contributed by atoms with van der Waals surface area (Å²) in [6.45, 7) is 0. The lowest BCUT2D eigenvalue weighted by Gasteiger charge is -2.02. The maximum atomic E-state index is 11.0. The van der Waals surface area contributed by atoms with E-state index in [4.69, 9.17) is 5.11 Å². The van der Waals surface area contributed by atoms with Crippen LogP contribution in [0.3, 0.4) is 0 Å². The summed E-state index contributed by atoms with van der Waals surface area (Å²) in [5.41, 5.74) is 2.95. The summed E-state index contributed by atoms with van der Waals surface area (Å²) < 4.78 is 1.98. The van der Waals surface area contributed by atoms with E-state index in [1.54, 1.807) is 24.4 Å². The van der Waals surface area contributed by atoms with Gasteiger partial charge in [-0.15, -0.1) is 0 Å². The van der Waals surface area contributed by atoms with Crippen LogP contribution in [0.4, 0.5) is 0 Å². The van der Waals surface area contributed by atoms with E-state index in [2.05, 4.69) is 9.97 Å². The van der Waals surface area contributed by atoms with Gasteiger partial charge in [-0.05, 0) is 29.8 Å².